The Labute approximate surface area is 124 Å². The summed E-state index contributed by atoms with van der Waals surface area (Å²) in [6, 6.07) is 2.53. The Morgan fingerprint density at radius 3 is 2.70 bits per heavy atom. The number of nitrogens with one attached hydrogen (secondary N) is 2. The molecule has 20 heavy (non-hydrogen) atoms. The second-order valence-corrected chi connectivity index (χ2v) is 6.35. The highest BCUT2D eigenvalue weighted by Crippen LogP contribution is 2.30. The van der Waals surface area contributed by atoms with Gasteiger partial charge in [-0.1, -0.05) is 6.92 Å². The van der Waals surface area contributed by atoms with Gasteiger partial charge in [-0.2, -0.15) is 4.98 Å². The molecule has 1 atom stereocenters. The maximum Gasteiger partial charge on any atom is 0.225 e. The molecule has 6 heteroatoms. The van der Waals surface area contributed by atoms with Crippen LogP contribution in [0.25, 0.3) is 10.2 Å². The molecule has 2 aromatic rings. The van der Waals surface area contributed by atoms with E-state index >= 15 is 0 Å². The Morgan fingerprint density at radius 1 is 1.35 bits per heavy atom. The van der Waals surface area contributed by atoms with Gasteiger partial charge in [0.1, 0.15) is 10.6 Å². The summed E-state index contributed by atoms with van der Waals surface area (Å²) >= 11 is 1.74. The number of hydrogen-bond donors (Lipinski definition) is 2. The smallest absolute Gasteiger partial charge is 0.225 e. The van der Waals surface area contributed by atoms with Gasteiger partial charge in [-0.25, -0.2) is 4.98 Å². The molecule has 0 aromatic carbocycles. The van der Waals surface area contributed by atoms with Crippen LogP contribution in [0.4, 0.5) is 11.8 Å². The van der Waals surface area contributed by atoms with Crippen LogP contribution in [-0.4, -0.2) is 48.6 Å². The van der Waals surface area contributed by atoms with Crippen molar-refractivity contribution in [3.63, 3.8) is 0 Å². The Bertz CT molecular complexity index is 578. The number of aromatic nitrogens is 2. The third-order valence-corrected chi connectivity index (χ3v) is 4.21. The van der Waals surface area contributed by atoms with Gasteiger partial charge in [0.05, 0.1) is 5.39 Å². The zero-order chi connectivity index (χ0) is 14.7. The molecule has 0 fully saturated rings. The van der Waals surface area contributed by atoms with Crippen LogP contribution in [-0.2, 0) is 6.42 Å². The predicted molar refractivity (Wildman–Crippen MR) is 88.0 cm³/mol. The van der Waals surface area contributed by atoms with Crippen LogP contribution >= 0.6 is 11.3 Å². The van der Waals surface area contributed by atoms with E-state index in [1.165, 1.54) is 4.88 Å². The van der Waals surface area contributed by atoms with Crippen molar-refractivity contribution < 1.29 is 0 Å². The molecule has 0 saturated carbocycles. The van der Waals surface area contributed by atoms with Gasteiger partial charge in [-0.15, -0.1) is 11.3 Å². The highest BCUT2D eigenvalue weighted by Gasteiger charge is 2.13. The van der Waals surface area contributed by atoms with Crippen LogP contribution < -0.4 is 10.6 Å². The fourth-order valence-electron chi connectivity index (χ4n) is 2.19. The molecule has 0 aliphatic carbocycles. The molecule has 0 radical (unpaired) electrons. The summed E-state index contributed by atoms with van der Waals surface area (Å²) in [7, 11) is 6.00. The van der Waals surface area contributed by atoms with Crippen molar-refractivity contribution in [3.8, 4) is 0 Å². The second kappa shape index (κ2) is 6.37. The Morgan fingerprint density at radius 2 is 2.10 bits per heavy atom. The molecule has 0 aliphatic rings. The summed E-state index contributed by atoms with van der Waals surface area (Å²) in [4.78, 5) is 13.7. The minimum Gasteiger partial charge on any atom is -0.366 e. The zero-order valence-electron chi connectivity index (χ0n) is 12.8. The SMILES string of the molecule is CCc1cc2c(NC(C)CN(C)C)nc(NC)nc2s1. The summed E-state index contributed by atoms with van der Waals surface area (Å²) in [6.45, 7) is 5.30. The quantitative estimate of drug-likeness (QED) is 0.857. The Kier molecular flexibility index (Phi) is 4.77. The average molecular weight is 293 g/mol. The molecule has 0 amide bonds. The van der Waals surface area contributed by atoms with E-state index in [4.69, 9.17) is 0 Å². The molecule has 2 rings (SSSR count). The zero-order valence-corrected chi connectivity index (χ0v) is 13.6. The molecule has 2 heterocycles. The number of anilines is 2. The van der Waals surface area contributed by atoms with Crippen molar-refractivity contribution in [2.75, 3.05) is 38.3 Å². The van der Waals surface area contributed by atoms with E-state index in [1.54, 1.807) is 11.3 Å². The molecular formula is C14H23N5S. The van der Waals surface area contributed by atoms with E-state index in [-0.39, 0.29) is 0 Å². The number of hydrogen-bond acceptors (Lipinski definition) is 6. The van der Waals surface area contributed by atoms with Crippen molar-refractivity contribution in [1.82, 2.24) is 14.9 Å². The number of thiophene rings is 1. The van der Waals surface area contributed by atoms with Gasteiger partial charge in [0, 0.05) is 24.5 Å². The van der Waals surface area contributed by atoms with E-state index < -0.39 is 0 Å². The van der Waals surface area contributed by atoms with E-state index in [0.717, 1.165) is 29.0 Å². The van der Waals surface area contributed by atoms with Crippen LogP contribution in [0.5, 0.6) is 0 Å². The summed E-state index contributed by atoms with van der Waals surface area (Å²) in [6.07, 6.45) is 1.03. The minimum absolute atomic E-state index is 0.331. The van der Waals surface area contributed by atoms with Gasteiger partial charge in [0.2, 0.25) is 5.95 Å². The van der Waals surface area contributed by atoms with Crippen LogP contribution in [0, 0.1) is 0 Å². The first kappa shape index (κ1) is 15.0. The van der Waals surface area contributed by atoms with Crippen LogP contribution in [0.1, 0.15) is 18.7 Å². The number of nitrogens with zero attached hydrogens (tertiary/aromatic N) is 3. The first-order valence-electron chi connectivity index (χ1n) is 6.93. The van der Waals surface area contributed by atoms with Gasteiger partial charge in [-0.3, -0.25) is 0 Å². The van der Waals surface area contributed by atoms with Gasteiger partial charge in [0.25, 0.3) is 0 Å². The van der Waals surface area contributed by atoms with Gasteiger partial charge in [-0.05, 0) is 33.5 Å². The second-order valence-electron chi connectivity index (χ2n) is 5.24. The first-order valence-corrected chi connectivity index (χ1v) is 7.74. The monoisotopic (exact) mass is 293 g/mol. The maximum atomic E-state index is 4.57. The summed E-state index contributed by atoms with van der Waals surface area (Å²) in [5, 5.41) is 7.66. The molecular weight excluding hydrogens is 270 g/mol. The molecule has 1 unspecified atom stereocenters. The lowest BCUT2D eigenvalue weighted by atomic mass is 10.2. The van der Waals surface area contributed by atoms with E-state index in [1.807, 2.05) is 7.05 Å². The maximum absolute atomic E-state index is 4.57. The highest BCUT2D eigenvalue weighted by atomic mass is 32.1. The fourth-order valence-corrected chi connectivity index (χ4v) is 3.16. The number of aryl methyl sites for hydroxylation is 1. The largest absolute Gasteiger partial charge is 0.366 e. The molecule has 0 bridgehead atoms. The summed E-state index contributed by atoms with van der Waals surface area (Å²) < 4.78 is 0. The number of rotatable bonds is 6. The predicted octanol–water partition coefficient (Wildman–Crippen LogP) is 2.66. The van der Waals surface area contributed by atoms with E-state index in [0.29, 0.717) is 12.0 Å². The standard InChI is InChI=1S/C14H23N5S/c1-6-10-7-11-12(16-9(2)8-19(4)5)17-14(15-3)18-13(11)20-10/h7,9H,6,8H2,1-5H3,(H2,15,16,17,18). The Hall–Kier alpha value is -1.40. The van der Waals surface area contributed by atoms with E-state index in [2.05, 4.69) is 59.5 Å². The number of fused-ring (bicyclic) bond motifs is 1. The van der Waals surface area contributed by atoms with Crippen molar-refractivity contribution in [1.29, 1.82) is 0 Å². The van der Waals surface area contributed by atoms with Crippen molar-refractivity contribution in [2.45, 2.75) is 26.3 Å². The lowest BCUT2D eigenvalue weighted by molar-refractivity contribution is 0.392. The van der Waals surface area contributed by atoms with Crippen molar-refractivity contribution in [2.24, 2.45) is 0 Å². The summed E-state index contributed by atoms with van der Waals surface area (Å²) in [5.41, 5.74) is 0. The highest BCUT2D eigenvalue weighted by molar-refractivity contribution is 7.18. The van der Waals surface area contributed by atoms with E-state index in [9.17, 15) is 0 Å². The van der Waals surface area contributed by atoms with Crippen LogP contribution in [0.2, 0.25) is 0 Å². The molecule has 110 valence electrons. The fraction of sp³-hybridized carbons (Fsp3) is 0.571. The minimum atomic E-state index is 0.331. The lowest BCUT2D eigenvalue weighted by Crippen LogP contribution is -2.30. The van der Waals surface area contributed by atoms with Gasteiger partial charge < -0.3 is 15.5 Å². The van der Waals surface area contributed by atoms with Gasteiger partial charge in [0.15, 0.2) is 0 Å². The summed E-state index contributed by atoms with van der Waals surface area (Å²) in [5.74, 6) is 1.59. The third kappa shape index (κ3) is 3.37. The average Bonchev–Trinajstić information content (AvgIpc) is 2.80. The topological polar surface area (TPSA) is 53.1 Å². The van der Waals surface area contributed by atoms with Gasteiger partial charge >= 0.3 is 0 Å². The molecule has 2 N–H and O–H groups in total. The normalized spacial score (nSPS) is 12.9. The van der Waals surface area contributed by atoms with Crippen LogP contribution in [0.3, 0.4) is 0 Å². The third-order valence-electron chi connectivity index (χ3n) is 3.04. The molecule has 2 aromatic heterocycles. The lowest BCUT2D eigenvalue weighted by Gasteiger charge is -2.19. The Balaban J connectivity index is 2.36. The van der Waals surface area contributed by atoms with Crippen LogP contribution in [0.15, 0.2) is 6.07 Å². The molecule has 0 saturated heterocycles. The molecule has 0 aliphatic heterocycles. The molecule has 0 spiro atoms. The molecule has 5 nitrogen and oxygen atoms in total. The number of likely N-dealkylation sites (N-methyl/N-ethyl adjacent to an activating group) is 1. The van der Waals surface area contributed by atoms with Crippen molar-refractivity contribution in [3.05, 3.63) is 10.9 Å². The van der Waals surface area contributed by atoms with Crippen molar-refractivity contribution >= 4 is 33.3 Å². The first-order chi connectivity index (χ1) is 9.53.